The fourth-order valence-electron chi connectivity index (χ4n) is 2.19. The Bertz CT molecular complexity index is 632. The van der Waals surface area contributed by atoms with Crippen molar-refractivity contribution < 1.29 is 21.6 Å². The molecule has 1 fully saturated rings. The number of benzene rings is 1. The van der Waals surface area contributed by atoms with Crippen molar-refractivity contribution in [3.05, 3.63) is 28.8 Å². The summed E-state index contributed by atoms with van der Waals surface area (Å²) in [6.45, 7) is 1.16. The summed E-state index contributed by atoms with van der Waals surface area (Å²) in [4.78, 5) is -0.409. The first-order chi connectivity index (χ1) is 9.64. The molecule has 1 aromatic rings. The Morgan fingerprint density at radius 3 is 2.50 bits per heavy atom. The maximum absolute atomic E-state index is 12.8. The molecule has 1 saturated heterocycles. The van der Waals surface area contributed by atoms with Gasteiger partial charge in [-0.15, -0.1) is 12.4 Å². The minimum Gasteiger partial charge on any atom is -0.315 e. The average Bonchev–Trinajstić information content (AvgIpc) is 2.90. The van der Waals surface area contributed by atoms with Crippen molar-refractivity contribution in [2.24, 2.45) is 0 Å². The number of hydrogen-bond acceptors (Lipinski definition) is 3. The van der Waals surface area contributed by atoms with Crippen LogP contribution in [0.3, 0.4) is 0 Å². The zero-order valence-corrected chi connectivity index (χ0v) is 13.9. The van der Waals surface area contributed by atoms with E-state index in [1.54, 1.807) is 0 Å². The van der Waals surface area contributed by atoms with Gasteiger partial charge in [-0.1, -0.05) is 11.6 Å². The van der Waals surface area contributed by atoms with Gasteiger partial charge in [-0.2, -0.15) is 17.5 Å². The van der Waals surface area contributed by atoms with E-state index in [9.17, 15) is 21.6 Å². The normalized spacial score (nSPS) is 19.3. The number of sulfonamides is 1. The smallest absolute Gasteiger partial charge is 0.315 e. The number of rotatable bonds is 3. The van der Waals surface area contributed by atoms with Crippen LogP contribution in [0.2, 0.25) is 5.02 Å². The quantitative estimate of drug-likeness (QED) is 0.879. The highest BCUT2D eigenvalue weighted by Crippen LogP contribution is 2.36. The summed E-state index contributed by atoms with van der Waals surface area (Å²) in [6, 6.07) is 2.36. The van der Waals surface area contributed by atoms with Crippen LogP contribution in [-0.2, 0) is 16.2 Å². The molecule has 10 heteroatoms. The molecule has 1 aliphatic rings. The molecule has 1 heterocycles. The minimum absolute atomic E-state index is 0. The van der Waals surface area contributed by atoms with Crippen LogP contribution >= 0.6 is 24.0 Å². The van der Waals surface area contributed by atoms with Crippen molar-refractivity contribution in [3.8, 4) is 0 Å². The van der Waals surface area contributed by atoms with E-state index in [1.807, 2.05) is 0 Å². The van der Waals surface area contributed by atoms with Crippen LogP contribution in [0.15, 0.2) is 23.1 Å². The first kappa shape index (κ1) is 19.5. The van der Waals surface area contributed by atoms with Gasteiger partial charge >= 0.3 is 6.18 Å². The van der Waals surface area contributed by atoms with Crippen LogP contribution in [-0.4, -0.2) is 38.9 Å². The van der Waals surface area contributed by atoms with E-state index in [4.69, 9.17) is 11.6 Å². The number of halogens is 5. The molecule has 2 rings (SSSR count). The van der Waals surface area contributed by atoms with E-state index >= 15 is 0 Å². The minimum atomic E-state index is -4.70. The summed E-state index contributed by atoms with van der Waals surface area (Å²) in [6.07, 6.45) is -4.08. The van der Waals surface area contributed by atoms with Crippen molar-refractivity contribution in [3.63, 3.8) is 0 Å². The molecule has 22 heavy (non-hydrogen) atoms. The summed E-state index contributed by atoms with van der Waals surface area (Å²) >= 11 is 5.50. The molecule has 1 atom stereocenters. The third kappa shape index (κ3) is 3.86. The van der Waals surface area contributed by atoms with Crippen LogP contribution in [0.5, 0.6) is 0 Å². The molecule has 1 aliphatic heterocycles. The van der Waals surface area contributed by atoms with Crippen LogP contribution < -0.4 is 5.32 Å². The number of nitrogens with zero attached hydrogens (tertiary/aromatic N) is 1. The summed E-state index contributed by atoms with van der Waals surface area (Å²) < 4.78 is 64.4. The van der Waals surface area contributed by atoms with Gasteiger partial charge in [0.2, 0.25) is 10.0 Å². The van der Waals surface area contributed by atoms with Crippen molar-refractivity contribution in [2.75, 3.05) is 20.1 Å². The maximum Gasteiger partial charge on any atom is 0.417 e. The molecule has 0 aliphatic carbocycles. The lowest BCUT2D eigenvalue weighted by Gasteiger charge is -2.23. The van der Waals surface area contributed by atoms with E-state index in [0.717, 1.165) is 16.4 Å². The van der Waals surface area contributed by atoms with Gasteiger partial charge in [-0.25, -0.2) is 8.42 Å². The second-order valence-corrected chi connectivity index (χ2v) is 7.21. The Labute approximate surface area is 138 Å². The third-order valence-corrected chi connectivity index (χ3v) is 5.70. The molecule has 0 amide bonds. The summed E-state index contributed by atoms with van der Waals surface area (Å²) in [5.41, 5.74) is -1.15. The molecule has 1 N–H and O–H groups in total. The maximum atomic E-state index is 12.8. The van der Waals surface area contributed by atoms with Crippen LogP contribution in [0.4, 0.5) is 13.2 Å². The molecule has 0 saturated carbocycles. The lowest BCUT2D eigenvalue weighted by molar-refractivity contribution is -0.137. The van der Waals surface area contributed by atoms with Crippen LogP contribution in [0.1, 0.15) is 12.0 Å². The van der Waals surface area contributed by atoms with Gasteiger partial charge in [0.25, 0.3) is 0 Å². The number of likely N-dealkylation sites (N-methyl/N-ethyl adjacent to an activating group) is 1. The first-order valence-electron chi connectivity index (χ1n) is 6.19. The Morgan fingerprint density at radius 1 is 1.36 bits per heavy atom. The van der Waals surface area contributed by atoms with E-state index in [1.165, 1.54) is 7.05 Å². The Kier molecular flexibility index (Phi) is 6.14. The highest BCUT2D eigenvalue weighted by atomic mass is 35.5. The molecule has 126 valence electrons. The highest BCUT2D eigenvalue weighted by Gasteiger charge is 2.36. The summed E-state index contributed by atoms with van der Waals surface area (Å²) in [5, 5.41) is 2.49. The van der Waals surface area contributed by atoms with E-state index in [0.29, 0.717) is 25.6 Å². The molecule has 0 spiro atoms. The molecule has 0 aromatic heterocycles. The number of hydrogen-bond donors (Lipinski definition) is 1. The third-order valence-electron chi connectivity index (χ3n) is 3.47. The van der Waals surface area contributed by atoms with Crippen molar-refractivity contribution in [1.82, 2.24) is 9.62 Å². The van der Waals surface area contributed by atoms with Gasteiger partial charge < -0.3 is 5.32 Å². The van der Waals surface area contributed by atoms with Crippen molar-refractivity contribution >= 4 is 34.0 Å². The monoisotopic (exact) mass is 378 g/mol. The zero-order valence-electron chi connectivity index (χ0n) is 11.5. The molecule has 1 unspecified atom stereocenters. The lowest BCUT2D eigenvalue weighted by Crippen LogP contribution is -2.38. The lowest BCUT2D eigenvalue weighted by atomic mass is 10.2. The average molecular weight is 379 g/mol. The summed E-state index contributed by atoms with van der Waals surface area (Å²) in [7, 11) is -2.62. The second kappa shape index (κ2) is 6.92. The Morgan fingerprint density at radius 2 is 2.00 bits per heavy atom. The zero-order chi connectivity index (χ0) is 15.8. The highest BCUT2D eigenvalue weighted by molar-refractivity contribution is 7.89. The molecule has 0 bridgehead atoms. The molecule has 4 nitrogen and oxygen atoms in total. The van der Waals surface area contributed by atoms with Gasteiger partial charge in [0.1, 0.15) is 0 Å². The molecule has 0 radical (unpaired) electrons. The largest absolute Gasteiger partial charge is 0.417 e. The van der Waals surface area contributed by atoms with Crippen LogP contribution in [0.25, 0.3) is 0 Å². The molecule has 1 aromatic carbocycles. The molecular weight excluding hydrogens is 364 g/mol. The molecular formula is C12H15Cl2F3N2O2S. The number of alkyl halides is 3. The van der Waals surface area contributed by atoms with E-state index < -0.39 is 31.7 Å². The van der Waals surface area contributed by atoms with E-state index in [2.05, 4.69) is 5.32 Å². The predicted molar refractivity (Wildman–Crippen MR) is 79.9 cm³/mol. The number of nitrogens with one attached hydrogen (secondary N) is 1. The van der Waals surface area contributed by atoms with Gasteiger partial charge in [-0.05, 0) is 31.2 Å². The Balaban J connectivity index is 0.00000242. The van der Waals surface area contributed by atoms with Gasteiger partial charge in [-0.3, -0.25) is 0 Å². The van der Waals surface area contributed by atoms with Crippen LogP contribution in [0, 0.1) is 0 Å². The van der Waals surface area contributed by atoms with Crippen molar-refractivity contribution in [1.29, 1.82) is 0 Å². The predicted octanol–water partition coefficient (Wildman–Crippen LogP) is 2.76. The van der Waals surface area contributed by atoms with Crippen molar-refractivity contribution in [2.45, 2.75) is 23.5 Å². The van der Waals surface area contributed by atoms with E-state index in [-0.39, 0.29) is 18.4 Å². The fourth-order valence-corrected chi connectivity index (χ4v) is 3.83. The van der Waals surface area contributed by atoms with Gasteiger partial charge in [0.15, 0.2) is 0 Å². The second-order valence-electron chi connectivity index (χ2n) is 4.81. The SMILES string of the molecule is CN(C1CCNC1)S(=O)(=O)c1ccc(Cl)c(C(F)(F)F)c1.Cl. The topological polar surface area (TPSA) is 49.4 Å². The fraction of sp³-hybridized carbons (Fsp3) is 0.500. The first-order valence-corrected chi connectivity index (χ1v) is 8.01. The summed E-state index contributed by atoms with van der Waals surface area (Å²) in [5.74, 6) is 0. The Hall–Kier alpha value is -0.540. The standard InChI is InChI=1S/C12H14ClF3N2O2S.ClH/c1-18(8-4-5-17-7-8)21(19,20)9-2-3-11(13)10(6-9)12(14,15)16;/h2-3,6,8,17H,4-5,7H2,1H3;1H. The van der Waals surface area contributed by atoms with Gasteiger partial charge in [0, 0.05) is 19.6 Å². The van der Waals surface area contributed by atoms with Gasteiger partial charge in [0.05, 0.1) is 15.5 Å².